The molecule has 5 heteroatoms. The maximum Gasteiger partial charge on any atom is 0.410 e. The normalized spacial score (nSPS) is 25.6. The number of amides is 1. The number of carboxylic acids is 1. The number of likely N-dealkylation sites (tertiary alicyclic amines) is 1. The summed E-state index contributed by atoms with van der Waals surface area (Å²) < 4.78 is 5.04. The molecule has 16 heavy (non-hydrogen) atoms. The number of ether oxygens (including phenoxy) is 1. The van der Waals surface area contributed by atoms with E-state index in [0.29, 0.717) is 6.54 Å². The van der Waals surface area contributed by atoms with E-state index in [1.165, 1.54) is 4.90 Å². The number of piperidine rings is 1. The van der Waals surface area contributed by atoms with Crippen LogP contribution >= 0.6 is 0 Å². The van der Waals surface area contributed by atoms with E-state index < -0.39 is 18.1 Å². The Kier molecular flexibility index (Phi) is 4.15. The van der Waals surface area contributed by atoms with Crippen LogP contribution in [0.3, 0.4) is 0 Å². The van der Waals surface area contributed by atoms with Crippen LogP contribution in [0, 0.1) is 5.92 Å². The highest BCUT2D eigenvalue weighted by Gasteiger charge is 2.38. The zero-order valence-electron chi connectivity index (χ0n) is 9.97. The number of carbonyl (C=O) groups is 2. The van der Waals surface area contributed by atoms with Gasteiger partial charge in [-0.1, -0.05) is 6.92 Å². The second kappa shape index (κ2) is 5.18. The number of hydrogen-bond donors (Lipinski definition) is 1. The van der Waals surface area contributed by atoms with Gasteiger partial charge in [0.05, 0.1) is 6.10 Å². The van der Waals surface area contributed by atoms with Crippen LogP contribution in [-0.4, -0.2) is 40.8 Å². The van der Waals surface area contributed by atoms with Gasteiger partial charge in [-0.05, 0) is 32.6 Å². The van der Waals surface area contributed by atoms with E-state index in [-0.39, 0.29) is 12.0 Å². The Morgan fingerprint density at radius 2 is 2.06 bits per heavy atom. The van der Waals surface area contributed by atoms with Crippen molar-refractivity contribution in [1.82, 2.24) is 4.90 Å². The molecular weight excluding hydrogens is 210 g/mol. The quantitative estimate of drug-likeness (QED) is 0.782. The molecule has 0 bridgehead atoms. The Balaban J connectivity index is 2.75. The Hall–Kier alpha value is -1.26. The van der Waals surface area contributed by atoms with Gasteiger partial charge in [-0.15, -0.1) is 0 Å². The SMILES string of the molecule is CC(C)OC(=O)N1CCCC(C)C1C(=O)O. The van der Waals surface area contributed by atoms with E-state index in [1.54, 1.807) is 13.8 Å². The molecule has 1 saturated heterocycles. The van der Waals surface area contributed by atoms with E-state index in [4.69, 9.17) is 9.84 Å². The van der Waals surface area contributed by atoms with Crippen molar-refractivity contribution in [2.24, 2.45) is 5.92 Å². The molecule has 0 aromatic heterocycles. The fourth-order valence-corrected chi connectivity index (χ4v) is 2.04. The van der Waals surface area contributed by atoms with Gasteiger partial charge in [-0.25, -0.2) is 9.59 Å². The van der Waals surface area contributed by atoms with Crippen LogP contribution in [-0.2, 0) is 9.53 Å². The minimum absolute atomic E-state index is 0.0223. The highest BCUT2D eigenvalue weighted by Crippen LogP contribution is 2.24. The van der Waals surface area contributed by atoms with E-state index in [2.05, 4.69) is 0 Å². The number of carbonyl (C=O) groups excluding carboxylic acids is 1. The van der Waals surface area contributed by atoms with Gasteiger partial charge in [-0.3, -0.25) is 4.90 Å². The van der Waals surface area contributed by atoms with Crippen molar-refractivity contribution in [2.45, 2.75) is 45.8 Å². The number of rotatable bonds is 2. The molecule has 92 valence electrons. The molecule has 1 amide bonds. The van der Waals surface area contributed by atoms with Crippen molar-refractivity contribution in [1.29, 1.82) is 0 Å². The smallest absolute Gasteiger partial charge is 0.410 e. The minimum atomic E-state index is -0.951. The van der Waals surface area contributed by atoms with Gasteiger partial charge >= 0.3 is 12.1 Å². The molecule has 0 aromatic rings. The average Bonchev–Trinajstić information content (AvgIpc) is 2.15. The fraction of sp³-hybridized carbons (Fsp3) is 0.818. The third kappa shape index (κ3) is 2.87. The molecule has 1 heterocycles. The number of hydrogen-bond acceptors (Lipinski definition) is 3. The first-order chi connectivity index (χ1) is 7.43. The summed E-state index contributed by atoms with van der Waals surface area (Å²) in [6.45, 7) is 5.82. The first kappa shape index (κ1) is 12.8. The molecule has 0 aromatic carbocycles. The summed E-state index contributed by atoms with van der Waals surface area (Å²) in [7, 11) is 0. The van der Waals surface area contributed by atoms with E-state index >= 15 is 0 Å². The van der Waals surface area contributed by atoms with Crippen molar-refractivity contribution in [2.75, 3.05) is 6.54 Å². The topological polar surface area (TPSA) is 66.8 Å². The van der Waals surface area contributed by atoms with Crippen LogP contribution in [0.25, 0.3) is 0 Å². The summed E-state index contributed by atoms with van der Waals surface area (Å²) in [6.07, 6.45) is 0.925. The van der Waals surface area contributed by atoms with Gasteiger partial charge in [0.1, 0.15) is 6.04 Å². The third-order valence-electron chi connectivity index (χ3n) is 2.76. The maximum absolute atomic E-state index is 11.7. The van der Waals surface area contributed by atoms with Gasteiger partial charge in [0.25, 0.3) is 0 Å². The predicted octanol–water partition coefficient (Wildman–Crippen LogP) is 1.72. The van der Waals surface area contributed by atoms with Crippen LogP contribution in [0.5, 0.6) is 0 Å². The third-order valence-corrected chi connectivity index (χ3v) is 2.76. The number of nitrogens with zero attached hydrogens (tertiary/aromatic N) is 1. The van der Waals surface area contributed by atoms with Crippen LogP contribution < -0.4 is 0 Å². The summed E-state index contributed by atoms with van der Waals surface area (Å²) >= 11 is 0. The molecular formula is C11H19NO4. The molecule has 1 aliphatic rings. The van der Waals surface area contributed by atoms with Gasteiger partial charge in [0, 0.05) is 6.54 Å². The molecule has 0 spiro atoms. The zero-order chi connectivity index (χ0) is 12.3. The Bertz CT molecular complexity index is 277. The molecule has 1 rings (SSSR count). The first-order valence-corrected chi connectivity index (χ1v) is 5.63. The van der Waals surface area contributed by atoms with Gasteiger partial charge < -0.3 is 9.84 Å². The van der Waals surface area contributed by atoms with Gasteiger partial charge in [0.15, 0.2) is 0 Å². The van der Waals surface area contributed by atoms with Crippen molar-refractivity contribution in [3.05, 3.63) is 0 Å². The average molecular weight is 229 g/mol. The summed E-state index contributed by atoms with van der Waals surface area (Å²) in [5.41, 5.74) is 0. The summed E-state index contributed by atoms with van der Waals surface area (Å²) in [5, 5.41) is 9.11. The van der Waals surface area contributed by atoms with Crippen molar-refractivity contribution < 1.29 is 19.4 Å². The second-order valence-electron chi connectivity index (χ2n) is 4.53. The zero-order valence-corrected chi connectivity index (χ0v) is 9.97. The predicted molar refractivity (Wildman–Crippen MR) is 58.1 cm³/mol. The lowest BCUT2D eigenvalue weighted by Gasteiger charge is -2.36. The number of aliphatic carboxylic acids is 1. The highest BCUT2D eigenvalue weighted by atomic mass is 16.6. The fourth-order valence-electron chi connectivity index (χ4n) is 2.04. The summed E-state index contributed by atoms with van der Waals surface area (Å²) in [6, 6.07) is -0.750. The Morgan fingerprint density at radius 1 is 1.44 bits per heavy atom. The van der Waals surface area contributed by atoms with Crippen molar-refractivity contribution in [3.8, 4) is 0 Å². The summed E-state index contributed by atoms with van der Waals surface area (Å²) in [4.78, 5) is 24.2. The first-order valence-electron chi connectivity index (χ1n) is 5.63. The molecule has 1 aliphatic heterocycles. The van der Waals surface area contributed by atoms with Crippen LogP contribution in [0.15, 0.2) is 0 Å². The van der Waals surface area contributed by atoms with E-state index in [0.717, 1.165) is 12.8 Å². The van der Waals surface area contributed by atoms with E-state index in [9.17, 15) is 9.59 Å². The second-order valence-corrected chi connectivity index (χ2v) is 4.53. The monoisotopic (exact) mass is 229 g/mol. The number of carboxylic acid groups (broad SMARTS) is 1. The molecule has 2 atom stereocenters. The largest absolute Gasteiger partial charge is 0.480 e. The van der Waals surface area contributed by atoms with Crippen LogP contribution in [0.2, 0.25) is 0 Å². The molecule has 1 N–H and O–H groups in total. The van der Waals surface area contributed by atoms with Crippen molar-refractivity contribution in [3.63, 3.8) is 0 Å². The van der Waals surface area contributed by atoms with Gasteiger partial charge in [0.2, 0.25) is 0 Å². The standard InChI is InChI=1S/C11H19NO4/c1-7(2)16-11(15)12-6-4-5-8(3)9(12)10(13)14/h7-9H,4-6H2,1-3H3,(H,13,14). The molecule has 1 fully saturated rings. The Morgan fingerprint density at radius 3 is 2.56 bits per heavy atom. The molecule has 0 saturated carbocycles. The van der Waals surface area contributed by atoms with Crippen molar-refractivity contribution >= 4 is 12.1 Å². The molecule has 0 aliphatic carbocycles. The van der Waals surface area contributed by atoms with Gasteiger partial charge in [-0.2, -0.15) is 0 Å². The minimum Gasteiger partial charge on any atom is -0.480 e. The lowest BCUT2D eigenvalue weighted by atomic mass is 9.91. The van der Waals surface area contributed by atoms with Crippen LogP contribution in [0.1, 0.15) is 33.6 Å². The Labute approximate surface area is 95.4 Å². The lowest BCUT2D eigenvalue weighted by Crippen LogP contribution is -2.52. The molecule has 5 nitrogen and oxygen atoms in total. The van der Waals surface area contributed by atoms with Crippen LogP contribution in [0.4, 0.5) is 4.79 Å². The summed E-state index contributed by atoms with van der Waals surface area (Å²) in [5.74, 6) is -0.973. The van der Waals surface area contributed by atoms with E-state index in [1.807, 2.05) is 6.92 Å². The highest BCUT2D eigenvalue weighted by molar-refractivity contribution is 5.80. The molecule has 0 radical (unpaired) electrons. The maximum atomic E-state index is 11.7. The lowest BCUT2D eigenvalue weighted by molar-refractivity contribution is -0.146. The molecule has 2 unspecified atom stereocenters.